The van der Waals surface area contributed by atoms with Crippen LogP contribution in [-0.2, 0) is 0 Å². The van der Waals surface area contributed by atoms with Crippen LogP contribution in [0.25, 0.3) is 5.70 Å². The van der Waals surface area contributed by atoms with Gasteiger partial charge in [-0.2, -0.15) is 5.10 Å². The van der Waals surface area contributed by atoms with Crippen LogP contribution in [-0.4, -0.2) is 46.8 Å². The number of piperazine rings is 1. The van der Waals surface area contributed by atoms with Gasteiger partial charge in [-0.05, 0) is 24.1 Å². The maximum atomic E-state index is 13.1. The van der Waals surface area contributed by atoms with E-state index >= 15 is 0 Å². The van der Waals surface area contributed by atoms with Crippen molar-refractivity contribution in [2.45, 2.75) is 13.8 Å². The molecule has 0 atom stereocenters. The molecule has 0 radical (unpaired) electrons. The van der Waals surface area contributed by atoms with Crippen LogP contribution in [0.3, 0.4) is 0 Å². The molecule has 1 N–H and O–H groups in total. The molecule has 27 heavy (non-hydrogen) atoms. The first-order valence-electron chi connectivity index (χ1n) is 9.40. The van der Waals surface area contributed by atoms with Crippen LogP contribution in [0.15, 0.2) is 54.9 Å². The number of carbonyl (C=O) groups excluding carboxylic acids is 1. The van der Waals surface area contributed by atoms with Crippen molar-refractivity contribution in [2.24, 2.45) is 5.92 Å². The Hall–Kier alpha value is -3.02. The van der Waals surface area contributed by atoms with E-state index in [1.807, 2.05) is 33.9 Å². The SMILES string of the molecule is C=C1C=C(C(C)C)n2ncc(C(=O)N3CCN(c4ccccc4)CC3)c2N1. The highest BCUT2D eigenvalue weighted by atomic mass is 16.2. The first-order valence-corrected chi connectivity index (χ1v) is 9.40. The van der Waals surface area contributed by atoms with Crippen LogP contribution >= 0.6 is 0 Å². The number of hydrogen-bond donors (Lipinski definition) is 1. The third-order valence-electron chi connectivity index (χ3n) is 5.13. The van der Waals surface area contributed by atoms with Gasteiger partial charge in [0.15, 0.2) is 0 Å². The van der Waals surface area contributed by atoms with Crippen molar-refractivity contribution in [3.8, 4) is 0 Å². The maximum Gasteiger partial charge on any atom is 0.259 e. The second-order valence-corrected chi connectivity index (χ2v) is 7.31. The van der Waals surface area contributed by atoms with Gasteiger partial charge < -0.3 is 15.1 Å². The van der Waals surface area contributed by atoms with Gasteiger partial charge in [-0.25, -0.2) is 4.68 Å². The number of carbonyl (C=O) groups is 1. The number of amides is 1. The van der Waals surface area contributed by atoms with Crippen LogP contribution in [0.1, 0.15) is 24.2 Å². The van der Waals surface area contributed by atoms with Crippen molar-refractivity contribution < 1.29 is 4.79 Å². The van der Waals surface area contributed by atoms with Crippen LogP contribution in [0.2, 0.25) is 0 Å². The second-order valence-electron chi connectivity index (χ2n) is 7.31. The van der Waals surface area contributed by atoms with Crippen molar-refractivity contribution >= 4 is 23.1 Å². The average Bonchev–Trinajstić information content (AvgIpc) is 3.11. The van der Waals surface area contributed by atoms with E-state index in [-0.39, 0.29) is 5.91 Å². The van der Waals surface area contributed by atoms with Gasteiger partial charge in [0.2, 0.25) is 0 Å². The fraction of sp³-hybridized carbons (Fsp3) is 0.333. The molecule has 2 aliphatic rings. The number of rotatable bonds is 3. The zero-order valence-electron chi connectivity index (χ0n) is 15.9. The molecule has 0 unspecified atom stereocenters. The van der Waals surface area contributed by atoms with E-state index < -0.39 is 0 Å². The lowest BCUT2D eigenvalue weighted by atomic mass is 10.1. The summed E-state index contributed by atoms with van der Waals surface area (Å²) < 4.78 is 1.83. The first kappa shape index (κ1) is 17.4. The van der Waals surface area contributed by atoms with E-state index in [9.17, 15) is 4.79 Å². The van der Waals surface area contributed by atoms with E-state index in [0.29, 0.717) is 24.6 Å². The van der Waals surface area contributed by atoms with E-state index in [1.165, 1.54) is 5.69 Å². The molecule has 0 aliphatic carbocycles. The lowest BCUT2D eigenvalue weighted by Gasteiger charge is -2.36. The number of nitrogens with zero attached hydrogens (tertiary/aromatic N) is 4. The Morgan fingerprint density at radius 2 is 1.85 bits per heavy atom. The summed E-state index contributed by atoms with van der Waals surface area (Å²) in [4.78, 5) is 17.4. The molecule has 2 aromatic rings. The van der Waals surface area contributed by atoms with E-state index in [0.717, 1.165) is 30.3 Å². The summed E-state index contributed by atoms with van der Waals surface area (Å²) in [6.07, 6.45) is 3.65. The van der Waals surface area contributed by atoms with Crippen molar-refractivity contribution in [2.75, 3.05) is 36.4 Å². The fourth-order valence-electron chi connectivity index (χ4n) is 3.64. The molecular formula is C21H25N5O. The molecule has 3 heterocycles. The van der Waals surface area contributed by atoms with Gasteiger partial charge in [-0.15, -0.1) is 0 Å². The highest BCUT2D eigenvalue weighted by molar-refractivity contribution is 6.00. The summed E-state index contributed by atoms with van der Waals surface area (Å²) in [5, 5.41) is 7.68. The number of hydrogen-bond acceptors (Lipinski definition) is 4. The van der Waals surface area contributed by atoms with Crippen molar-refractivity contribution in [1.82, 2.24) is 14.7 Å². The lowest BCUT2D eigenvalue weighted by Crippen LogP contribution is -2.48. The van der Waals surface area contributed by atoms with Gasteiger partial charge in [0.25, 0.3) is 5.91 Å². The standard InChI is InChI=1S/C21H25N5O/c1-15(2)19-13-16(3)23-20-18(14-22-26(19)20)21(27)25-11-9-24(10-12-25)17-7-5-4-6-8-17/h4-8,13-15,23H,3,9-12H2,1-2H3. The Balaban J connectivity index is 1.51. The zero-order valence-corrected chi connectivity index (χ0v) is 15.9. The molecule has 140 valence electrons. The zero-order chi connectivity index (χ0) is 19.0. The van der Waals surface area contributed by atoms with E-state index in [4.69, 9.17) is 0 Å². The predicted octanol–water partition coefficient (Wildman–Crippen LogP) is 3.28. The third-order valence-corrected chi connectivity index (χ3v) is 5.13. The van der Waals surface area contributed by atoms with Gasteiger partial charge in [0, 0.05) is 43.3 Å². The normalized spacial score (nSPS) is 16.9. The largest absolute Gasteiger partial charge is 0.368 e. The molecule has 1 aromatic heterocycles. The molecule has 2 aliphatic heterocycles. The van der Waals surface area contributed by atoms with Gasteiger partial charge >= 0.3 is 0 Å². The predicted molar refractivity (Wildman–Crippen MR) is 109 cm³/mol. The van der Waals surface area contributed by atoms with Crippen molar-refractivity contribution in [3.05, 3.63) is 60.4 Å². The molecule has 0 saturated carbocycles. The van der Waals surface area contributed by atoms with Gasteiger partial charge in [0.05, 0.1) is 6.20 Å². The second kappa shape index (κ2) is 6.95. The Labute approximate surface area is 159 Å². The summed E-state index contributed by atoms with van der Waals surface area (Å²) >= 11 is 0. The molecule has 6 heteroatoms. The number of para-hydroxylation sites is 1. The number of fused-ring (bicyclic) bond motifs is 1. The lowest BCUT2D eigenvalue weighted by molar-refractivity contribution is 0.0748. The molecule has 1 saturated heterocycles. The summed E-state index contributed by atoms with van der Waals surface area (Å²) in [6.45, 7) is 11.3. The monoisotopic (exact) mass is 363 g/mol. The molecule has 4 rings (SSSR count). The third kappa shape index (κ3) is 3.23. The van der Waals surface area contributed by atoms with Crippen LogP contribution in [0.4, 0.5) is 11.5 Å². The van der Waals surface area contributed by atoms with Crippen LogP contribution < -0.4 is 10.2 Å². The Morgan fingerprint density at radius 3 is 2.52 bits per heavy atom. The number of allylic oxidation sites excluding steroid dienone is 2. The smallest absolute Gasteiger partial charge is 0.259 e. The summed E-state index contributed by atoms with van der Waals surface area (Å²) in [5.41, 5.74) is 3.64. The highest BCUT2D eigenvalue weighted by Gasteiger charge is 2.29. The quantitative estimate of drug-likeness (QED) is 0.909. The Kier molecular flexibility index (Phi) is 4.48. The molecule has 1 aromatic carbocycles. The molecule has 1 amide bonds. The minimum atomic E-state index is 0.0225. The van der Waals surface area contributed by atoms with Crippen molar-refractivity contribution in [3.63, 3.8) is 0 Å². The summed E-state index contributed by atoms with van der Waals surface area (Å²) in [6, 6.07) is 10.3. The Morgan fingerprint density at radius 1 is 1.15 bits per heavy atom. The van der Waals surface area contributed by atoms with Crippen LogP contribution in [0.5, 0.6) is 0 Å². The topological polar surface area (TPSA) is 53.4 Å². The minimum absolute atomic E-state index is 0.0225. The van der Waals surface area contributed by atoms with Gasteiger partial charge in [-0.1, -0.05) is 38.6 Å². The number of aromatic nitrogens is 2. The van der Waals surface area contributed by atoms with Gasteiger partial charge in [-0.3, -0.25) is 4.79 Å². The van der Waals surface area contributed by atoms with E-state index in [1.54, 1.807) is 6.20 Å². The molecular weight excluding hydrogens is 338 g/mol. The summed E-state index contributed by atoms with van der Waals surface area (Å²) in [7, 11) is 0. The van der Waals surface area contributed by atoms with Crippen molar-refractivity contribution in [1.29, 1.82) is 0 Å². The first-order chi connectivity index (χ1) is 13.0. The van der Waals surface area contributed by atoms with Gasteiger partial charge in [0.1, 0.15) is 11.4 Å². The number of anilines is 2. The maximum absolute atomic E-state index is 13.1. The Bertz CT molecular complexity index is 889. The summed E-state index contributed by atoms with van der Waals surface area (Å²) in [5.74, 6) is 1.04. The fourth-order valence-corrected chi connectivity index (χ4v) is 3.64. The average molecular weight is 363 g/mol. The number of nitrogens with one attached hydrogen (secondary N) is 1. The molecule has 0 spiro atoms. The molecule has 0 bridgehead atoms. The molecule has 1 fully saturated rings. The number of benzene rings is 1. The molecule has 6 nitrogen and oxygen atoms in total. The van der Waals surface area contributed by atoms with E-state index in [2.05, 4.69) is 47.9 Å². The highest BCUT2D eigenvalue weighted by Crippen LogP contribution is 2.31. The van der Waals surface area contributed by atoms with Crippen LogP contribution in [0, 0.1) is 5.92 Å². The minimum Gasteiger partial charge on any atom is -0.368 e.